The summed E-state index contributed by atoms with van der Waals surface area (Å²) in [6.07, 6.45) is 5.04. The minimum Gasteiger partial charge on any atom is -0.396 e. The zero-order chi connectivity index (χ0) is 16.3. The molecular weight excluding hydrogens is 328 g/mol. The van der Waals surface area contributed by atoms with Crippen LogP contribution in [-0.4, -0.2) is 34.7 Å². The molecule has 124 valence electrons. The van der Waals surface area contributed by atoms with Crippen LogP contribution in [0.2, 0.25) is 5.02 Å². The number of aryl methyl sites for hydroxylation is 1. The highest BCUT2D eigenvalue weighted by Crippen LogP contribution is 2.34. The topological polar surface area (TPSA) is 36.4 Å². The van der Waals surface area contributed by atoms with E-state index in [1.54, 1.807) is 11.3 Å². The van der Waals surface area contributed by atoms with Gasteiger partial charge < -0.3 is 5.11 Å². The molecule has 1 aromatic carbocycles. The van der Waals surface area contributed by atoms with Crippen LogP contribution in [-0.2, 0) is 13.0 Å². The van der Waals surface area contributed by atoms with Gasteiger partial charge in [-0.25, -0.2) is 4.98 Å². The van der Waals surface area contributed by atoms with Crippen molar-refractivity contribution >= 4 is 22.9 Å². The molecule has 0 aliphatic carbocycles. The molecule has 2 heterocycles. The fraction of sp³-hybridized carbons (Fsp3) is 0.500. The van der Waals surface area contributed by atoms with Crippen molar-refractivity contribution in [2.45, 2.75) is 32.7 Å². The van der Waals surface area contributed by atoms with Crippen molar-refractivity contribution in [1.29, 1.82) is 0 Å². The van der Waals surface area contributed by atoms with E-state index in [0.29, 0.717) is 0 Å². The first-order valence-corrected chi connectivity index (χ1v) is 9.27. The average molecular weight is 351 g/mol. The first kappa shape index (κ1) is 16.9. The monoisotopic (exact) mass is 350 g/mol. The smallest absolute Gasteiger partial charge is 0.0897 e. The Morgan fingerprint density at radius 3 is 3.00 bits per heavy atom. The SMILES string of the molecule is Cc1ncc(CN2CCCC(CO)(Cc3cccc(Cl)c3)C2)s1. The molecule has 0 bridgehead atoms. The second-order valence-corrected chi connectivity index (χ2v) is 8.38. The van der Waals surface area contributed by atoms with E-state index < -0.39 is 0 Å². The normalized spacial score (nSPS) is 22.4. The first-order chi connectivity index (χ1) is 11.1. The van der Waals surface area contributed by atoms with Crippen molar-refractivity contribution in [2.24, 2.45) is 5.41 Å². The van der Waals surface area contributed by atoms with Crippen LogP contribution in [0, 0.1) is 12.3 Å². The van der Waals surface area contributed by atoms with Crippen molar-refractivity contribution in [2.75, 3.05) is 19.7 Å². The maximum Gasteiger partial charge on any atom is 0.0897 e. The summed E-state index contributed by atoms with van der Waals surface area (Å²) in [7, 11) is 0. The second kappa shape index (κ2) is 7.31. The molecule has 2 aromatic rings. The van der Waals surface area contributed by atoms with E-state index in [0.717, 1.165) is 48.9 Å². The van der Waals surface area contributed by atoms with E-state index >= 15 is 0 Å². The van der Waals surface area contributed by atoms with Gasteiger partial charge in [-0.05, 0) is 50.4 Å². The lowest BCUT2D eigenvalue weighted by atomic mass is 9.75. The highest BCUT2D eigenvalue weighted by atomic mass is 35.5. The van der Waals surface area contributed by atoms with E-state index in [-0.39, 0.29) is 12.0 Å². The number of aromatic nitrogens is 1. The molecule has 0 saturated carbocycles. The minimum absolute atomic E-state index is 0.0668. The third-order valence-corrected chi connectivity index (χ3v) is 5.73. The lowest BCUT2D eigenvalue weighted by Gasteiger charge is -2.42. The van der Waals surface area contributed by atoms with Crippen LogP contribution in [0.3, 0.4) is 0 Å². The highest BCUT2D eigenvalue weighted by molar-refractivity contribution is 7.11. The van der Waals surface area contributed by atoms with Crippen LogP contribution in [0.1, 0.15) is 28.3 Å². The zero-order valence-corrected chi connectivity index (χ0v) is 15.0. The Hall–Kier alpha value is -0.940. The molecule has 0 amide bonds. The van der Waals surface area contributed by atoms with Gasteiger partial charge in [-0.2, -0.15) is 0 Å². The number of hydrogen-bond donors (Lipinski definition) is 1. The van der Waals surface area contributed by atoms with Crippen LogP contribution >= 0.6 is 22.9 Å². The Balaban J connectivity index is 1.70. The Labute approximate surface area is 146 Å². The first-order valence-electron chi connectivity index (χ1n) is 8.08. The van der Waals surface area contributed by atoms with Gasteiger partial charge in [-0.15, -0.1) is 11.3 Å². The number of likely N-dealkylation sites (tertiary alicyclic amines) is 1. The van der Waals surface area contributed by atoms with Crippen molar-refractivity contribution in [3.8, 4) is 0 Å². The molecule has 1 aliphatic rings. The number of thiazole rings is 1. The van der Waals surface area contributed by atoms with Gasteiger partial charge in [0, 0.05) is 34.6 Å². The van der Waals surface area contributed by atoms with E-state index in [1.165, 1.54) is 10.4 Å². The molecule has 0 spiro atoms. The largest absolute Gasteiger partial charge is 0.396 e. The maximum absolute atomic E-state index is 10.1. The predicted molar refractivity (Wildman–Crippen MR) is 96.0 cm³/mol. The van der Waals surface area contributed by atoms with Gasteiger partial charge in [-0.3, -0.25) is 4.90 Å². The molecule has 1 aliphatic heterocycles. The van der Waals surface area contributed by atoms with E-state index in [4.69, 9.17) is 11.6 Å². The number of aliphatic hydroxyl groups excluding tert-OH is 1. The Morgan fingerprint density at radius 2 is 2.30 bits per heavy atom. The summed E-state index contributed by atoms with van der Waals surface area (Å²) in [5.74, 6) is 0. The summed E-state index contributed by atoms with van der Waals surface area (Å²) < 4.78 is 0. The molecule has 0 radical (unpaired) electrons. The fourth-order valence-corrected chi connectivity index (χ4v) is 4.60. The van der Waals surface area contributed by atoms with E-state index in [1.807, 2.05) is 31.3 Å². The minimum atomic E-state index is -0.0668. The number of benzene rings is 1. The van der Waals surface area contributed by atoms with Crippen molar-refractivity contribution in [3.63, 3.8) is 0 Å². The summed E-state index contributed by atoms with van der Waals surface area (Å²) in [5.41, 5.74) is 1.14. The molecule has 1 saturated heterocycles. The van der Waals surface area contributed by atoms with Gasteiger partial charge in [0.05, 0.1) is 11.6 Å². The van der Waals surface area contributed by atoms with Crippen molar-refractivity contribution in [1.82, 2.24) is 9.88 Å². The number of hydrogen-bond acceptors (Lipinski definition) is 4. The quantitative estimate of drug-likeness (QED) is 0.887. The molecule has 1 unspecified atom stereocenters. The van der Waals surface area contributed by atoms with Crippen LogP contribution < -0.4 is 0 Å². The molecular formula is C18H23ClN2OS. The summed E-state index contributed by atoms with van der Waals surface area (Å²) in [5, 5.41) is 12.0. The number of piperidine rings is 1. The molecule has 1 N–H and O–H groups in total. The standard InChI is InChI=1S/C18H23ClN2OS/c1-14-20-10-17(23-14)11-21-7-3-6-18(12-21,13-22)9-15-4-2-5-16(19)8-15/h2,4-5,8,10,22H,3,6-7,9,11-13H2,1H3. The number of rotatable bonds is 5. The number of nitrogens with zero attached hydrogens (tertiary/aromatic N) is 2. The third kappa shape index (κ3) is 4.32. The van der Waals surface area contributed by atoms with Gasteiger partial charge in [0.1, 0.15) is 0 Å². The summed E-state index contributed by atoms with van der Waals surface area (Å²) >= 11 is 7.87. The molecule has 5 heteroatoms. The van der Waals surface area contributed by atoms with E-state index in [2.05, 4.69) is 16.0 Å². The lowest BCUT2D eigenvalue weighted by Crippen LogP contribution is -2.46. The maximum atomic E-state index is 10.1. The third-order valence-electron chi connectivity index (χ3n) is 4.59. The molecule has 1 fully saturated rings. The highest BCUT2D eigenvalue weighted by Gasteiger charge is 2.35. The summed E-state index contributed by atoms with van der Waals surface area (Å²) in [4.78, 5) is 8.10. The van der Waals surface area contributed by atoms with Crippen molar-refractivity contribution in [3.05, 3.63) is 50.9 Å². The fourth-order valence-electron chi connectivity index (χ4n) is 3.55. The second-order valence-electron chi connectivity index (χ2n) is 6.62. The van der Waals surface area contributed by atoms with Crippen molar-refractivity contribution < 1.29 is 5.11 Å². The number of aliphatic hydroxyl groups is 1. The summed E-state index contributed by atoms with van der Waals surface area (Å²) in [6, 6.07) is 8.01. The lowest BCUT2D eigenvalue weighted by molar-refractivity contribution is 0.0292. The number of halogens is 1. The van der Waals surface area contributed by atoms with Gasteiger partial charge in [0.15, 0.2) is 0 Å². The van der Waals surface area contributed by atoms with Gasteiger partial charge in [-0.1, -0.05) is 23.7 Å². The summed E-state index contributed by atoms with van der Waals surface area (Å²) in [6.45, 7) is 5.21. The molecule has 1 atom stereocenters. The van der Waals surface area contributed by atoms with Crippen LogP contribution in [0.5, 0.6) is 0 Å². The van der Waals surface area contributed by atoms with Gasteiger partial charge in [0.2, 0.25) is 0 Å². The average Bonchev–Trinajstić information content (AvgIpc) is 2.92. The molecule has 3 nitrogen and oxygen atoms in total. The molecule has 23 heavy (non-hydrogen) atoms. The van der Waals surface area contributed by atoms with Gasteiger partial charge in [0.25, 0.3) is 0 Å². The van der Waals surface area contributed by atoms with Crippen LogP contribution in [0.25, 0.3) is 0 Å². The Bertz CT molecular complexity index is 660. The predicted octanol–water partition coefficient (Wildman–Crippen LogP) is 3.92. The Morgan fingerprint density at radius 1 is 1.43 bits per heavy atom. The van der Waals surface area contributed by atoms with E-state index in [9.17, 15) is 5.11 Å². The molecule has 3 rings (SSSR count). The van der Waals surface area contributed by atoms with Crippen LogP contribution in [0.4, 0.5) is 0 Å². The molecule has 1 aromatic heterocycles. The van der Waals surface area contributed by atoms with Crippen LogP contribution in [0.15, 0.2) is 30.5 Å². The van der Waals surface area contributed by atoms with Gasteiger partial charge >= 0.3 is 0 Å². The Kier molecular flexibility index (Phi) is 5.37. The zero-order valence-electron chi connectivity index (χ0n) is 13.5.